The molecule has 0 fully saturated rings. The van der Waals surface area contributed by atoms with Crippen molar-refractivity contribution in [2.75, 3.05) is 0 Å². The fourth-order valence-electron chi connectivity index (χ4n) is 8.24. The van der Waals surface area contributed by atoms with Gasteiger partial charge in [0.25, 0.3) is 0 Å². The molecule has 2 N–H and O–H groups in total. The Balaban J connectivity index is 2.52. The minimum atomic E-state index is 0.231. The molecule has 0 saturated heterocycles. The van der Waals surface area contributed by atoms with E-state index in [0.29, 0.717) is 35.2 Å². The molecule has 0 amide bonds. The van der Waals surface area contributed by atoms with Gasteiger partial charge >= 0.3 is 0 Å². The van der Waals surface area contributed by atoms with Crippen molar-refractivity contribution < 1.29 is 10.2 Å². The molecule has 2 heteroatoms. The summed E-state index contributed by atoms with van der Waals surface area (Å²) in [5, 5.41) is 23.1. The Morgan fingerprint density at radius 3 is 1.19 bits per heavy atom. The number of phenols is 2. The summed E-state index contributed by atoms with van der Waals surface area (Å²) < 4.78 is 0. The van der Waals surface area contributed by atoms with Gasteiger partial charge in [-0.2, -0.15) is 0 Å². The number of hydrogen-bond acceptors (Lipinski definition) is 2. The zero-order valence-corrected chi connectivity index (χ0v) is 32.7. The van der Waals surface area contributed by atoms with E-state index in [9.17, 15) is 10.2 Å². The molecule has 0 aromatic heterocycles. The van der Waals surface area contributed by atoms with Crippen LogP contribution < -0.4 is 0 Å². The summed E-state index contributed by atoms with van der Waals surface area (Å²) in [6.07, 6.45) is 20.3. The minimum Gasteiger partial charge on any atom is -0.508 e. The second kappa shape index (κ2) is 20.5. The van der Waals surface area contributed by atoms with Crippen LogP contribution in [0.5, 0.6) is 11.5 Å². The second-order valence-corrected chi connectivity index (χ2v) is 17.1. The molecule has 0 aliphatic rings. The molecule has 2 aromatic carbocycles. The van der Waals surface area contributed by atoms with Gasteiger partial charge in [-0.25, -0.2) is 0 Å². The summed E-state index contributed by atoms with van der Waals surface area (Å²) in [6.45, 7) is 23.6. The number of unbranched alkanes of at least 4 members (excludes halogenated alkanes) is 6. The third-order valence-electron chi connectivity index (χ3n) is 11.2. The Labute approximate surface area is 292 Å². The van der Waals surface area contributed by atoms with E-state index >= 15 is 0 Å². The third-order valence-corrected chi connectivity index (χ3v) is 11.2. The van der Waals surface area contributed by atoms with Crippen molar-refractivity contribution in [3.63, 3.8) is 0 Å². The molecule has 4 unspecified atom stereocenters. The van der Waals surface area contributed by atoms with Crippen LogP contribution in [-0.2, 0) is 6.42 Å². The zero-order chi connectivity index (χ0) is 35.0. The van der Waals surface area contributed by atoms with Crippen molar-refractivity contribution >= 4 is 0 Å². The molecule has 0 aliphatic carbocycles. The van der Waals surface area contributed by atoms with Crippen LogP contribution in [0.2, 0.25) is 0 Å². The van der Waals surface area contributed by atoms with Gasteiger partial charge in [-0.3, -0.25) is 0 Å². The van der Waals surface area contributed by atoms with E-state index in [-0.39, 0.29) is 10.8 Å². The largest absolute Gasteiger partial charge is 0.508 e. The first-order valence-electron chi connectivity index (χ1n) is 19.9. The lowest BCUT2D eigenvalue weighted by molar-refractivity contribution is 0.190. The predicted octanol–water partition coefficient (Wildman–Crippen LogP) is 14.5. The summed E-state index contributed by atoms with van der Waals surface area (Å²) in [4.78, 5) is 0. The van der Waals surface area contributed by atoms with Crippen LogP contribution >= 0.6 is 0 Å². The average Bonchev–Trinajstić information content (AvgIpc) is 2.99. The highest BCUT2D eigenvalue weighted by atomic mass is 16.3. The molecule has 0 bridgehead atoms. The zero-order valence-electron chi connectivity index (χ0n) is 32.7. The number of benzene rings is 2. The Morgan fingerprint density at radius 2 is 0.872 bits per heavy atom. The molecule has 4 atom stereocenters. The van der Waals surface area contributed by atoms with Gasteiger partial charge in [-0.15, -0.1) is 0 Å². The Kier molecular flexibility index (Phi) is 18.0. The standard InChI is InChI=1S/C45H76O2/c1-11-15-17-19-27-38(44(5,6)7)32-34(23-13-3)42-36(25-21-29-40(42)46)31-37-26-22-30-41(47)43(37)35(24-14-4)33-39(45(8,9)10)28-20-18-16-12-2/h21-22,25-26,29-30,34-35,38-39,46-47H,11-20,23-24,27-28,31-33H2,1-10H3. The smallest absolute Gasteiger partial charge is 0.119 e. The fraction of sp³-hybridized carbons (Fsp3) is 0.733. The van der Waals surface area contributed by atoms with E-state index in [1.54, 1.807) is 0 Å². The quantitative estimate of drug-likeness (QED) is 0.125. The molecule has 0 radical (unpaired) electrons. The Hall–Kier alpha value is -1.96. The Morgan fingerprint density at radius 1 is 0.489 bits per heavy atom. The summed E-state index contributed by atoms with van der Waals surface area (Å²) in [5.74, 6) is 2.78. The maximum Gasteiger partial charge on any atom is 0.119 e. The van der Waals surface area contributed by atoms with Crippen LogP contribution in [0.3, 0.4) is 0 Å². The van der Waals surface area contributed by atoms with Crippen molar-refractivity contribution in [2.24, 2.45) is 22.7 Å². The molecule has 0 saturated carbocycles. The molecule has 2 nitrogen and oxygen atoms in total. The highest BCUT2D eigenvalue weighted by Gasteiger charge is 2.32. The first kappa shape index (κ1) is 41.2. The van der Waals surface area contributed by atoms with E-state index in [4.69, 9.17) is 0 Å². The van der Waals surface area contributed by atoms with Crippen molar-refractivity contribution in [2.45, 2.75) is 190 Å². The highest BCUT2D eigenvalue weighted by molar-refractivity contribution is 5.49. The van der Waals surface area contributed by atoms with Crippen molar-refractivity contribution in [1.82, 2.24) is 0 Å². The van der Waals surface area contributed by atoms with Crippen LogP contribution in [0.15, 0.2) is 36.4 Å². The van der Waals surface area contributed by atoms with Crippen molar-refractivity contribution in [3.05, 3.63) is 58.7 Å². The number of rotatable bonds is 22. The van der Waals surface area contributed by atoms with Gasteiger partial charge in [0.1, 0.15) is 11.5 Å². The first-order valence-corrected chi connectivity index (χ1v) is 19.9. The molecule has 2 rings (SSSR count). The molecule has 268 valence electrons. The van der Waals surface area contributed by atoms with E-state index < -0.39 is 0 Å². The minimum absolute atomic E-state index is 0.231. The molecule has 0 heterocycles. The average molecular weight is 649 g/mol. The fourth-order valence-corrected chi connectivity index (χ4v) is 8.24. The lowest BCUT2D eigenvalue weighted by Crippen LogP contribution is -2.24. The number of hydrogen-bond donors (Lipinski definition) is 2. The van der Waals surface area contributed by atoms with Crippen LogP contribution in [0.1, 0.15) is 206 Å². The van der Waals surface area contributed by atoms with E-state index in [1.165, 1.54) is 75.3 Å². The van der Waals surface area contributed by atoms with Crippen molar-refractivity contribution in [1.29, 1.82) is 0 Å². The van der Waals surface area contributed by atoms with Crippen LogP contribution in [0, 0.1) is 22.7 Å². The predicted molar refractivity (Wildman–Crippen MR) is 207 cm³/mol. The van der Waals surface area contributed by atoms with Crippen LogP contribution in [0.4, 0.5) is 0 Å². The molecule has 0 aliphatic heterocycles. The number of aromatic hydroxyl groups is 2. The van der Waals surface area contributed by atoms with Gasteiger partial charge in [0, 0.05) is 11.1 Å². The van der Waals surface area contributed by atoms with E-state index in [0.717, 1.165) is 56.1 Å². The summed E-state index contributed by atoms with van der Waals surface area (Å²) in [5.41, 5.74) is 5.24. The number of phenolic OH excluding ortho intramolecular Hbond substituents is 2. The maximum absolute atomic E-state index is 11.5. The topological polar surface area (TPSA) is 40.5 Å². The van der Waals surface area contributed by atoms with Crippen molar-refractivity contribution in [3.8, 4) is 11.5 Å². The van der Waals surface area contributed by atoms with Gasteiger partial charge in [0.05, 0.1) is 0 Å². The SMILES string of the molecule is CCCCCCC(CC(CCC)c1c(O)cccc1Cc1cccc(O)c1C(CCC)CC(CCCCCC)C(C)(C)C)C(C)(C)C. The molecule has 2 aromatic rings. The third kappa shape index (κ3) is 13.5. The van der Waals surface area contributed by atoms with Gasteiger partial charge in [-0.1, -0.05) is 158 Å². The van der Waals surface area contributed by atoms with Gasteiger partial charge in [0.2, 0.25) is 0 Å². The first-order chi connectivity index (χ1) is 22.3. The molecular weight excluding hydrogens is 572 g/mol. The lowest BCUT2D eigenvalue weighted by atomic mass is 9.70. The second-order valence-electron chi connectivity index (χ2n) is 17.1. The highest BCUT2D eigenvalue weighted by Crippen LogP contribution is 2.46. The lowest BCUT2D eigenvalue weighted by Gasteiger charge is -2.35. The molecular formula is C45H76O2. The summed E-state index contributed by atoms with van der Waals surface area (Å²) >= 11 is 0. The van der Waals surface area contributed by atoms with E-state index in [1.807, 2.05) is 24.3 Å². The maximum atomic E-state index is 11.5. The molecule has 47 heavy (non-hydrogen) atoms. The molecule has 0 spiro atoms. The Bertz CT molecular complexity index is 1040. The van der Waals surface area contributed by atoms with Crippen LogP contribution in [0.25, 0.3) is 0 Å². The van der Waals surface area contributed by atoms with Gasteiger partial charge < -0.3 is 10.2 Å². The summed E-state index contributed by atoms with van der Waals surface area (Å²) in [7, 11) is 0. The summed E-state index contributed by atoms with van der Waals surface area (Å²) in [6, 6.07) is 12.4. The monoisotopic (exact) mass is 649 g/mol. The van der Waals surface area contributed by atoms with E-state index in [2.05, 4.69) is 81.4 Å². The van der Waals surface area contributed by atoms with Gasteiger partial charge in [0.15, 0.2) is 0 Å². The van der Waals surface area contributed by atoms with Gasteiger partial charge in [-0.05, 0) is 103 Å². The van der Waals surface area contributed by atoms with Crippen LogP contribution in [-0.4, -0.2) is 10.2 Å². The normalized spacial score (nSPS) is 15.0.